The Morgan fingerprint density at radius 1 is 0.557 bits per heavy atom. The van der Waals surface area contributed by atoms with Crippen molar-refractivity contribution in [1.82, 2.24) is 25.8 Å². The molecule has 0 spiro atoms. The molecule has 0 aromatic heterocycles. The van der Waals surface area contributed by atoms with Crippen molar-refractivity contribution >= 4 is 82.0 Å². The second-order valence-corrected chi connectivity index (χ2v) is 19.2. The standard InChI is InChI=1S/C49H71N7O14/c1-26(2)35(25-39(59)36-11-9-21-55(36)49(70)31(8)51-44(65)28(5)23-34(57)17-19-41(61)62)45(66)52-32-13-15-33(16-14-32)53-47(68)43(27(3)4)54-46(67)37-12-10-22-56(37)48(69)29(6)24-38(58)30(7)50-40(60)18-20-42(63)64/h13-16,26-31,35-37,43H,9-12,17-25H2,1-8H3,(H,50,60)(H,51,65)(H,52,66)(H,53,68)(H,54,67)(H,61,62)(H,63,64)/t28-,29-,30+,31+,35+,36?,37?,43+/m1/s1. The molecule has 2 aliphatic heterocycles. The lowest BCUT2D eigenvalue weighted by molar-refractivity contribution is -0.143. The van der Waals surface area contributed by atoms with E-state index in [0.717, 1.165) is 0 Å². The van der Waals surface area contributed by atoms with Gasteiger partial charge in [-0.15, -0.1) is 0 Å². The lowest BCUT2D eigenvalue weighted by atomic mass is 9.87. The summed E-state index contributed by atoms with van der Waals surface area (Å²) < 4.78 is 0. The number of carbonyl (C=O) groups excluding carboxylic acids is 10. The number of benzene rings is 1. The smallest absolute Gasteiger partial charge is 0.303 e. The molecule has 2 unspecified atom stereocenters. The van der Waals surface area contributed by atoms with E-state index in [9.17, 15) is 57.5 Å². The zero-order chi connectivity index (χ0) is 52.6. The Kier molecular flexibility index (Phi) is 22.3. The molecular formula is C49H71N7O14. The van der Waals surface area contributed by atoms with Crippen LogP contribution in [0.5, 0.6) is 0 Å². The number of amides is 7. The normalized spacial score (nSPS) is 18.1. The van der Waals surface area contributed by atoms with Crippen LogP contribution in [0.15, 0.2) is 24.3 Å². The summed E-state index contributed by atoms with van der Waals surface area (Å²) in [5.74, 6) is -10.00. The molecule has 21 nitrogen and oxygen atoms in total. The van der Waals surface area contributed by atoms with Crippen LogP contribution in [-0.4, -0.2) is 134 Å². The van der Waals surface area contributed by atoms with Gasteiger partial charge in [0.05, 0.1) is 24.9 Å². The zero-order valence-electron chi connectivity index (χ0n) is 41.5. The number of hydrogen-bond donors (Lipinski definition) is 7. The average Bonchev–Trinajstić information content (AvgIpc) is 3.99. The van der Waals surface area contributed by atoms with E-state index in [-0.39, 0.29) is 81.4 Å². The van der Waals surface area contributed by atoms with Gasteiger partial charge in [-0.25, -0.2) is 0 Å². The molecule has 70 heavy (non-hydrogen) atoms. The highest BCUT2D eigenvalue weighted by atomic mass is 16.4. The highest BCUT2D eigenvalue weighted by Crippen LogP contribution is 2.27. The van der Waals surface area contributed by atoms with Gasteiger partial charge in [0.1, 0.15) is 23.9 Å². The third-order valence-electron chi connectivity index (χ3n) is 12.7. The highest BCUT2D eigenvalue weighted by molar-refractivity contribution is 6.01. The van der Waals surface area contributed by atoms with E-state index < -0.39 is 107 Å². The summed E-state index contributed by atoms with van der Waals surface area (Å²) in [6, 6.07) is 1.60. The quantitative estimate of drug-likeness (QED) is 0.0667. The minimum Gasteiger partial charge on any atom is -0.481 e. The SMILES string of the molecule is CC(C)[C@H](CC(=O)C1CCCN1C(=O)[C@H](C)NC(=O)[C@H](C)CC(=O)CCC(=O)O)C(=O)Nc1ccc(NC(=O)[C@@H](NC(=O)C2CCCN2C(=O)[C@H](C)CC(=O)[C@H](C)NC(=O)CCC(=O)O)C(C)C)cc1. The maximum absolute atomic E-state index is 13.7. The van der Waals surface area contributed by atoms with E-state index >= 15 is 0 Å². The fraction of sp³-hybridized carbons (Fsp3) is 0.633. The Bertz CT molecular complexity index is 1980. The number of ketones is 3. The first-order valence-electron chi connectivity index (χ1n) is 24.0. The molecule has 2 aliphatic rings. The van der Waals surface area contributed by atoms with Crippen LogP contribution in [0.2, 0.25) is 0 Å². The van der Waals surface area contributed by atoms with Gasteiger partial charge in [-0.05, 0) is 75.6 Å². The van der Waals surface area contributed by atoms with Crippen molar-refractivity contribution in [2.45, 2.75) is 156 Å². The molecule has 3 rings (SSSR count). The summed E-state index contributed by atoms with van der Waals surface area (Å²) in [6.07, 6.45) is -0.00846. The maximum Gasteiger partial charge on any atom is 0.303 e. The van der Waals surface area contributed by atoms with Gasteiger partial charge in [0.25, 0.3) is 0 Å². The topological polar surface area (TPSA) is 312 Å². The molecule has 386 valence electrons. The first kappa shape index (κ1) is 57.8. The monoisotopic (exact) mass is 982 g/mol. The number of carbonyl (C=O) groups is 12. The number of rotatable bonds is 27. The van der Waals surface area contributed by atoms with Crippen LogP contribution in [0.1, 0.15) is 126 Å². The van der Waals surface area contributed by atoms with Crippen molar-refractivity contribution in [3.05, 3.63) is 24.3 Å². The van der Waals surface area contributed by atoms with Crippen LogP contribution in [0.3, 0.4) is 0 Å². The lowest BCUT2D eigenvalue weighted by Crippen LogP contribution is -2.54. The van der Waals surface area contributed by atoms with Crippen molar-refractivity contribution in [3.63, 3.8) is 0 Å². The minimum atomic E-state index is -1.15. The number of Topliss-reactive ketones (excluding diaryl/α,β-unsaturated/α-hetero) is 3. The second-order valence-electron chi connectivity index (χ2n) is 19.2. The molecule has 7 amide bonds. The minimum absolute atomic E-state index is 0.158. The Morgan fingerprint density at radius 3 is 1.63 bits per heavy atom. The number of nitrogens with one attached hydrogen (secondary N) is 5. The molecule has 2 fully saturated rings. The van der Waals surface area contributed by atoms with Crippen molar-refractivity contribution in [3.8, 4) is 0 Å². The van der Waals surface area contributed by atoms with Crippen molar-refractivity contribution in [2.75, 3.05) is 23.7 Å². The molecular weight excluding hydrogens is 911 g/mol. The van der Waals surface area contributed by atoms with Crippen LogP contribution in [-0.2, 0) is 57.5 Å². The van der Waals surface area contributed by atoms with Crippen molar-refractivity contribution < 1.29 is 67.7 Å². The Labute approximate surface area is 408 Å². The number of likely N-dealkylation sites (tertiary alicyclic amines) is 2. The number of aliphatic carboxylic acids is 2. The number of carboxylic acid groups (broad SMARTS) is 2. The molecule has 2 saturated heterocycles. The predicted octanol–water partition coefficient (Wildman–Crippen LogP) is 2.85. The summed E-state index contributed by atoms with van der Waals surface area (Å²) in [4.78, 5) is 156. The highest BCUT2D eigenvalue weighted by Gasteiger charge is 2.40. The number of anilines is 2. The summed E-state index contributed by atoms with van der Waals surface area (Å²) in [7, 11) is 0. The van der Waals surface area contributed by atoms with Gasteiger partial charge in [-0.2, -0.15) is 0 Å². The third kappa shape index (κ3) is 17.5. The maximum atomic E-state index is 13.7. The number of hydrogen-bond acceptors (Lipinski definition) is 12. The van der Waals surface area contributed by atoms with E-state index in [0.29, 0.717) is 37.1 Å². The van der Waals surface area contributed by atoms with Crippen LogP contribution < -0.4 is 26.6 Å². The summed E-state index contributed by atoms with van der Waals surface area (Å²) in [5.41, 5.74) is 0.740. The molecule has 8 atom stereocenters. The second kappa shape index (κ2) is 27.0. The van der Waals surface area contributed by atoms with Gasteiger partial charge in [0, 0.05) is 74.3 Å². The average molecular weight is 982 g/mol. The van der Waals surface area contributed by atoms with Gasteiger partial charge < -0.3 is 46.6 Å². The summed E-state index contributed by atoms with van der Waals surface area (Å²) in [5, 5.41) is 31.1. The van der Waals surface area contributed by atoms with E-state index in [1.807, 2.05) is 0 Å². The van der Waals surface area contributed by atoms with E-state index in [2.05, 4.69) is 26.6 Å². The lowest BCUT2D eigenvalue weighted by Gasteiger charge is -2.29. The van der Waals surface area contributed by atoms with Crippen molar-refractivity contribution in [2.24, 2.45) is 29.6 Å². The van der Waals surface area contributed by atoms with E-state index in [1.54, 1.807) is 58.9 Å². The Balaban J connectivity index is 1.56. The summed E-state index contributed by atoms with van der Waals surface area (Å²) >= 11 is 0. The van der Waals surface area contributed by atoms with Gasteiger partial charge >= 0.3 is 11.9 Å². The van der Waals surface area contributed by atoms with Gasteiger partial charge in [0.2, 0.25) is 41.4 Å². The summed E-state index contributed by atoms with van der Waals surface area (Å²) in [6.45, 7) is 13.6. The van der Waals surface area contributed by atoms with Crippen LogP contribution >= 0.6 is 0 Å². The van der Waals surface area contributed by atoms with Crippen LogP contribution in [0, 0.1) is 29.6 Å². The number of carboxylic acids is 2. The fourth-order valence-electron chi connectivity index (χ4n) is 8.44. The molecule has 1 aromatic carbocycles. The molecule has 7 N–H and O–H groups in total. The molecule has 0 saturated carbocycles. The first-order valence-corrected chi connectivity index (χ1v) is 24.0. The Morgan fingerprint density at radius 2 is 1.09 bits per heavy atom. The fourth-order valence-corrected chi connectivity index (χ4v) is 8.44. The molecule has 21 heteroatoms. The number of nitrogens with zero attached hydrogens (tertiary/aromatic N) is 2. The molecule has 2 heterocycles. The van der Waals surface area contributed by atoms with Crippen LogP contribution in [0.4, 0.5) is 11.4 Å². The molecule has 0 aliphatic carbocycles. The first-order chi connectivity index (χ1) is 32.8. The third-order valence-corrected chi connectivity index (χ3v) is 12.7. The zero-order valence-corrected chi connectivity index (χ0v) is 41.5. The van der Waals surface area contributed by atoms with E-state index in [4.69, 9.17) is 10.2 Å². The van der Waals surface area contributed by atoms with Crippen LogP contribution in [0.25, 0.3) is 0 Å². The van der Waals surface area contributed by atoms with Gasteiger partial charge in [-0.1, -0.05) is 41.5 Å². The van der Waals surface area contributed by atoms with Gasteiger partial charge in [-0.3, -0.25) is 57.5 Å². The Hall–Kier alpha value is -6.54. The largest absolute Gasteiger partial charge is 0.481 e. The molecule has 0 bridgehead atoms. The van der Waals surface area contributed by atoms with Crippen molar-refractivity contribution in [1.29, 1.82) is 0 Å². The predicted molar refractivity (Wildman–Crippen MR) is 254 cm³/mol. The molecule has 0 radical (unpaired) electrons. The molecule has 1 aromatic rings. The van der Waals surface area contributed by atoms with E-state index in [1.165, 1.54) is 30.6 Å². The van der Waals surface area contributed by atoms with Gasteiger partial charge in [0.15, 0.2) is 11.6 Å².